The van der Waals surface area contributed by atoms with Gasteiger partial charge in [0.15, 0.2) is 0 Å². The van der Waals surface area contributed by atoms with Crippen LogP contribution in [0, 0.1) is 0 Å². The van der Waals surface area contributed by atoms with Crippen LogP contribution in [0.2, 0.25) is 0 Å². The molecule has 6 heteroatoms. The van der Waals surface area contributed by atoms with E-state index in [-0.39, 0.29) is 12.1 Å². The Morgan fingerprint density at radius 3 is 3.12 bits per heavy atom. The summed E-state index contributed by atoms with van der Waals surface area (Å²) in [7, 11) is 0. The highest BCUT2D eigenvalue weighted by Gasteiger charge is 2.32. The van der Waals surface area contributed by atoms with Gasteiger partial charge in [0, 0.05) is 37.5 Å². The van der Waals surface area contributed by atoms with Crippen molar-refractivity contribution < 1.29 is 13.9 Å². The van der Waals surface area contributed by atoms with Crippen LogP contribution in [0.5, 0.6) is 0 Å². The third-order valence-corrected chi connectivity index (χ3v) is 5.09. The van der Waals surface area contributed by atoms with Crippen LogP contribution in [0.3, 0.4) is 0 Å². The molecule has 0 bridgehead atoms. The van der Waals surface area contributed by atoms with E-state index in [2.05, 4.69) is 15.5 Å². The fourth-order valence-electron chi connectivity index (χ4n) is 3.74. The number of benzene rings is 1. The molecular formula is C19H25N3O3. The fourth-order valence-corrected chi connectivity index (χ4v) is 3.74. The standard InChI is InChI=1S/C19H25N3O3/c23-19(21-11-17-12-22-9-3-5-15(22)13-24-17)20-8-7-16-10-14-4-1-2-6-18(14)25-16/h1-2,4,6,10,15,17H,3,5,7-9,11-13H2,(H2,20,21,23)/t15-,17+/m1/s1. The quantitative estimate of drug-likeness (QED) is 0.873. The highest BCUT2D eigenvalue weighted by molar-refractivity contribution is 5.77. The molecule has 0 spiro atoms. The molecule has 2 amide bonds. The lowest BCUT2D eigenvalue weighted by atomic mass is 10.2. The smallest absolute Gasteiger partial charge is 0.314 e. The number of morpholine rings is 1. The van der Waals surface area contributed by atoms with Crippen LogP contribution in [0.1, 0.15) is 18.6 Å². The maximum Gasteiger partial charge on any atom is 0.314 e. The SMILES string of the molecule is O=C(NCCc1cc2ccccc2o1)NC[C@H]1CN2CCC[C@@H]2CO1. The van der Waals surface area contributed by atoms with E-state index in [0.717, 1.165) is 36.4 Å². The molecule has 2 saturated heterocycles. The first-order chi connectivity index (χ1) is 12.3. The number of urea groups is 1. The number of carbonyl (C=O) groups excluding carboxylic acids is 1. The summed E-state index contributed by atoms with van der Waals surface area (Å²) in [6.45, 7) is 3.98. The largest absolute Gasteiger partial charge is 0.461 e. The molecule has 0 saturated carbocycles. The van der Waals surface area contributed by atoms with Gasteiger partial charge in [0.05, 0.1) is 12.7 Å². The summed E-state index contributed by atoms with van der Waals surface area (Å²) in [5, 5.41) is 6.89. The molecule has 1 aromatic carbocycles. The van der Waals surface area contributed by atoms with Gasteiger partial charge in [0.2, 0.25) is 0 Å². The summed E-state index contributed by atoms with van der Waals surface area (Å²) >= 11 is 0. The van der Waals surface area contributed by atoms with Crippen molar-refractivity contribution in [1.29, 1.82) is 0 Å². The fraction of sp³-hybridized carbons (Fsp3) is 0.526. The first kappa shape index (κ1) is 16.4. The van der Waals surface area contributed by atoms with Gasteiger partial charge in [0.25, 0.3) is 0 Å². The highest BCUT2D eigenvalue weighted by Crippen LogP contribution is 2.22. The molecule has 6 nitrogen and oxygen atoms in total. The molecule has 2 aliphatic rings. The molecule has 25 heavy (non-hydrogen) atoms. The van der Waals surface area contributed by atoms with Crippen LogP contribution in [0.4, 0.5) is 4.79 Å². The second kappa shape index (κ2) is 7.45. The number of hydrogen-bond donors (Lipinski definition) is 2. The zero-order valence-electron chi connectivity index (χ0n) is 14.4. The predicted molar refractivity (Wildman–Crippen MR) is 95.7 cm³/mol. The van der Waals surface area contributed by atoms with Crippen LogP contribution >= 0.6 is 0 Å². The van der Waals surface area contributed by atoms with E-state index in [9.17, 15) is 4.79 Å². The first-order valence-corrected chi connectivity index (χ1v) is 9.13. The Morgan fingerprint density at radius 2 is 2.20 bits per heavy atom. The van der Waals surface area contributed by atoms with Gasteiger partial charge < -0.3 is 19.8 Å². The van der Waals surface area contributed by atoms with Crippen LogP contribution in [-0.2, 0) is 11.2 Å². The monoisotopic (exact) mass is 343 g/mol. The van der Waals surface area contributed by atoms with Gasteiger partial charge in [0.1, 0.15) is 11.3 Å². The Balaban J connectivity index is 1.17. The lowest BCUT2D eigenvalue weighted by molar-refractivity contribution is -0.0457. The third-order valence-electron chi connectivity index (χ3n) is 5.09. The van der Waals surface area contributed by atoms with E-state index in [4.69, 9.17) is 9.15 Å². The Morgan fingerprint density at radius 1 is 1.28 bits per heavy atom. The zero-order valence-corrected chi connectivity index (χ0v) is 14.4. The van der Waals surface area contributed by atoms with Crippen molar-refractivity contribution in [3.8, 4) is 0 Å². The minimum Gasteiger partial charge on any atom is -0.461 e. The van der Waals surface area contributed by atoms with Gasteiger partial charge in [-0.3, -0.25) is 4.90 Å². The van der Waals surface area contributed by atoms with E-state index >= 15 is 0 Å². The predicted octanol–water partition coefficient (Wildman–Crippen LogP) is 2.14. The molecule has 0 unspecified atom stereocenters. The van der Waals surface area contributed by atoms with Gasteiger partial charge >= 0.3 is 6.03 Å². The minimum absolute atomic E-state index is 0.0930. The van der Waals surface area contributed by atoms with E-state index in [1.165, 1.54) is 12.8 Å². The minimum atomic E-state index is -0.150. The normalized spacial score (nSPS) is 23.5. The summed E-state index contributed by atoms with van der Waals surface area (Å²) in [5.41, 5.74) is 0.886. The van der Waals surface area contributed by atoms with E-state index in [1.54, 1.807) is 0 Å². The van der Waals surface area contributed by atoms with Crippen molar-refractivity contribution in [2.45, 2.75) is 31.4 Å². The molecule has 134 valence electrons. The Bertz CT molecular complexity index is 697. The number of para-hydroxylation sites is 1. The number of nitrogens with zero attached hydrogens (tertiary/aromatic N) is 1. The number of amides is 2. The van der Waals surface area contributed by atoms with Gasteiger partial charge in [-0.25, -0.2) is 4.79 Å². The number of ether oxygens (including phenoxy) is 1. The molecule has 2 N–H and O–H groups in total. The van der Waals surface area contributed by atoms with Crippen molar-refractivity contribution in [3.05, 3.63) is 36.1 Å². The molecule has 2 fully saturated rings. The number of fused-ring (bicyclic) bond motifs is 2. The number of carbonyl (C=O) groups is 1. The number of nitrogens with one attached hydrogen (secondary N) is 2. The second-order valence-corrected chi connectivity index (χ2v) is 6.88. The topological polar surface area (TPSA) is 66.7 Å². The number of furan rings is 1. The maximum absolute atomic E-state index is 12.0. The van der Waals surface area contributed by atoms with Gasteiger partial charge in [-0.05, 0) is 31.5 Å². The molecule has 4 rings (SSSR count). The molecule has 2 aliphatic heterocycles. The third kappa shape index (κ3) is 3.96. The molecule has 0 aliphatic carbocycles. The molecule has 3 heterocycles. The van der Waals surface area contributed by atoms with Crippen LogP contribution in [-0.4, -0.2) is 55.9 Å². The van der Waals surface area contributed by atoms with Crippen molar-refractivity contribution in [2.24, 2.45) is 0 Å². The van der Waals surface area contributed by atoms with Crippen molar-refractivity contribution in [1.82, 2.24) is 15.5 Å². The average molecular weight is 343 g/mol. The molecule has 1 aromatic heterocycles. The van der Waals surface area contributed by atoms with Gasteiger partial charge in [-0.15, -0.1) is 0 Å². The van der Waals surface area contributed by atoms with Gasteiger partial charge in [-0.1, -0.05) is 18.2 Å². The molecule has 2 atom stereocenters. The lowest BCUT2D eigenvalue weighted by Gasteiger charge is -2.35. The first-order valence-electron chi connectivity index (χ1n) is 9.13. The summed E-state index contributed by atoms with van der Waals surface area (Å²) < 4.78 is 11.6. The maximum atomic E-state index is 12.0. The summed E-state index contributed by atoms with van der Waals surface area (Å²) in [4.78, 5) is 14.4. The second-order valence-electron chi connectivity index (χ2n) is 6.88. The highest BCUT2D eigenvalue weighted by atomic mass is 16.5. The lowest BCUT2D eigenvalue weighted by Crippen LogP contribution is -2.51. The van der Waals surface area contributed by atoms with Crippen molar-refractivity contribution in [3.63, 3.8) is 0 Å². The van der Waals surface area contributed by atoms with E-state index < -0.39 is 0 Å². The van der Waals surface area contributed by atoms with Gasteiger partial charge in [-0.2, -0.15) is 0 Å². The van der Waals surface area contributed by atoms with Crippen molar-refractivity contribution >= 4 is 17.0 Å². The van der Waals surface area contributed by atoms with E-state index in [0.29, 0.717) is 25.6 Å². The van der Waals surface area contributed by atoms with E-state index in [1.807, 2.05) is 30.3 Å². The molecule has 0 radical (unpaired) electrons. The zero-order chi connectivity index (χ0) is 17.1. The Kier molecular flexibility index (Phi) is 4.90. The average Bonchev–Trinajstić information content (AvgIpc) is 3.25. The number of rotatable bonds is 5. The Labute approximate surface area is 147 Å². The molecular weight excluding hydrogens is 318 g/mol. The molecule has 2 aromatic rings. The Hall–Kier alpha value is -2.05. The van der Waals surface area contributed by atoms with Crippen LogP contribution in [0.15, 0.2) is 34.7 Å². The van der Waals surface area contributed by atoms with Crippen LogP contribution < -0.4 is 10.6 Å². The summed E-state index contributed by atoms with van der Waals surface area (Å²) in [6, 6.07) is 10.4. The summed E-state index contributed by atoms with van der Waals surface area (Å²) in [6.07, 6.45) is 3.27. The summed E-state index contributed by atoms with van der Waals surface area (Å²) in [5.74, 6) is 0.886. The number of hydrogen-bond acceptors (Lipinski definition) is 4. The van der Waals surface area contributed by atoms with Crippen molar-refractivity contribution in [2.75, 3.05) is 32.8 Å². The van der Waals surface area contributed by atoms with Crippen LogP contribution in [0.25, 0.3) is 11.0 Å².